The summed E-state index contributed by atoms with van der Waals surface area (Å²) in [4.78, 5) is 12.8. The van der Waals surface area contributed by atoms with Crippen LogP contribution in [0.3, 0.4) is 0 Å². The van der Waals surface area contributed by atoms with E-state index in [1.165, 1.54) is 38.5 Å². The fourth-order valence-corrected chi connectivity index (χ4v) is 5.91. The second-order valence-electron chi connectivity index (χ2n) is 8.13. The smallest absolute Gasteiger partial charge is 0.322 e. The summed E-state index contributed by atoms with van der Waals surface area (Å²) in [6, 6.07) is 10.9. The monoisotopic (exact) mass is 500 g/mol. The molecule has 1 aliphatic heterocycles. The number of piperidine rings is 1. The zero-order valence-corrected chi connectivity index (χ0v) is 20.7. The standard InChI is InChI=1S/C24H28N4O6S/c1-4-18-7-5-6-14-28(18)35(30,31)19-11-8-16(9-12-19)22(29)25-24-27-26-23(34-24)17-10-13-20(32-2)21(15-17)33-3/h8-13,15,18H,4-7,14H2,1-3H3,(H,25,27,29). The highest BCUT2D eigenvalue weighted by Gasteiger charge is 2.32. The number of anilines is 1. The van der Waals surface area contributed by atoms with Crippen LogP contribution in [0.5, 0.6) is 11.5 Å². The SMILES string of the molecule is CCC1CCCCN1S(=O)(=O)c1ccc(C(=O)Nc2nnc(-c3ccc(OC)c(OC)c3)o2)cc1. The molecule has 1 atom stereocenters. The lowest BCUT2D eigenvalue weighted by atomic mass is 10.0. The molecular weight excluding hydrogens is 472 g/mol. The van der Waals surface area contributed by atoms with Gasteiger partial charge in [-0.1, -0.05) is 18.4 Å². The van der Waals surface area contributed by atoms with Crippen molar-refractivity contribution in [2.75, 3.05) is 26.1 Å². The lowest BCUT2D eigenvalue weighted by Gasteiger charge is -2.34. The molecule has 1 saturated heterocycles. The van der Waals surface area contributed by atoms with E-state index in [4.69, 9.17) is 13.9 Å². The average molecular weight is 501 g/mol. The van der Waals surface area contributed by atoms with E-state index in [0.29, 0.717) is 23.6 Å². The van der Waals surface area contributed by atoms with Crippen molar-refractivity contribution in [1.29, 1.82) is 0 Å². The third-order valence-electron chi connectivity index (χ3n) is 6.04. The molecule has 0 radical (unpaired) electrons. The first kappa shape index (κ1) is 24.7. The molecule has 0 bridgehead atoms. The number of benzene rings is 2. The van der Waals surface area contributed by atoms with Gasteiger partial charge in [-0.05, 0) is 61.7 Å². The van der Waals surface area contributed by atoms with Gasteiger partial charge in [0.05, 0.1) is 19.1 Å². The van der Waals surface area contributed by atoms with Crippen molar-refractivity contribution in [1.82, 2.24) is 14.5 Å². The number of carbonyl (C=O) groups is 1. The van der Waals surface area contributed by atoms with Gasteiger partial charge in [0.2, 0.25) is 15.9 Å². The first-order valence-corrected chi connectivity index (χ1v) is 12.8. The van der Waals surface area contributed by atoms with Crippen LogP contribution in [0.4, 0.5) is 6.01 Å². The second kappa shape index (κ2) is 10.4. The summed E-state index contributed by atoms with van der Waals surface area (Å²) < 4.78 is 43.9. The lowest BCUT2D eigenvalue weighted by molar-refractivity contribution is 0.102. The van der Waals surface area contributed by atoms with Gasteiger partial charge in [0.25, 0.3) is 5.91 Å². The molecule has 0 spiro atoms. The molecule has 0 aliphatic carbocycles. The molecule has 2 aromatic carbocycles. The van der Waals surface area contributed by atoms with E-state index in [0.717, 1.165) is 25.7 Å². The summed E-state index contributed by atoms with van der Waals surface area (Å²) >= 11 is 0. The van der Waals surface area contributed by atoms with Crippen LogP contribution < -0.4 is 14.8 Å². The predicted octanol–water partition coefficient (Wildman–Crippen LogP) is 3.96. The van der Waals surface area contributed by atoms with Gasteiger partial charge in [-0.2, -0.15) is 4.31 Å². The minimum atomic E-state index is -3.62. The van der Waals surface area contributed by atoms with Gasteiger partial charge in [0.1, 0.15) is 0 Å². The van der Waals surface area contributed by atoms with Crippen LogP contribution in [0.1, 0.15) is 43.0 Å². The van der Waals surface area contributed by atoms with Crippen LogP contribution >= 0.6 is 0 Å². The van der Waals surface area contributed by atoms with Gasteiger partial charge in [-0.15, -0.1) is 5.10 Å². The number of methoxy groups -OCH3 is 2. The van der Waals surface area contributed by atoms with Gasteiger partial charge in [-0.25, -0.2) is 8.42 Å². The summed E-state index contributed by atoms with van der Waals surface area (Å²) in [5, 5.41) is 10.4. The molecule has 0 saturated carbocycles. The molecular formula is C24H28N4O6S. The Balaban J connectivity index is 1.46. The summed E-state index contributed by atoms with van der Waals surface area (Å²) in [6.07, 6.45) is 3.53. The molecule has 11 heteroatoms. The number of amides is 1. The predicted molar refractivity (Wildman–Crippen MR) is 129 cm³/mol. The van der Waals surface area contributed by atoms with E-state index in [2.05, 4.69) is 15.5 Å². The third kappa shape index (κ3) is 5.15. The number of aromatic nitrogens is 2. The highest BCUT2D eigenvalue weighted by molar-refractivity contribution is 7.89. The quantitative estimate of drug-likeness (QED) is 0.493. The van der Waals surface area contributed by atoms with E-state index >= 15 is 0 Å². The molecule has 4 rings (SSSR count). The molecule has 1 unspecified atom stereocenters. The first-order valence-electron chi connectivity index (χ1n) is 11.4. The first-order chi connectivity index (χ1) is 16.9. The van der Waals surface area contributed by atoms with Crippen molar-refractivity contribution < 1.29 is 27.1 Å². The van der Waals surface area contributed by atoms with E-state index in [1.54, 1.807) is 22.5 Å². The number of nitrogens with zero attached hydrogens (tertiary/aromatic N) is 3. The van der Waals surface area contributed by atoms with Crippen molar-refractivity contribution >= 4 is 21.9 Å². The van der Waals surface area contributed by atoms with Crippen LogP contribution in [0.15, 0.2) is 51.8 Å². The highest BCUT2D eigenvalue weighted by atomic mass is 32.2. The van der Waals surface area contributed by atoms with E-state index in [9.17, 15) is 13.2 Å². The molecule has 10 nitrogen and oxygen atoms in total. The van der Waals surface area contributed by atoms with Gasteiger partial charge in [0.15, 0.2) is 11.5 Å². The van der Waals surface area contributed by atoms with Gasteiger partial charge in [0, 0.05) is 23.7 Å². The maximum absolute atomic E-state index is 13.1. The number of carbonyl (C=O) groups excluding carboxylic acids is 1. The van der Waals surface area contributed by atoms with Gasteiger partial charge >= 0.3 is 6.01 Å². The Morgan fingerprint density at radius 1 is 1.09 bits per heavy atom. The van der Waals surface area contributed by atoms with Crippen molar-refractivity contribution in [2.24, 2.45) is 0 Å². The lowest BCUT2D eigenvalue weighted by Crippen LogP contribution is -2.43. The Morgan fingerprint density at radius 2 is 1.83 bits per heavy atom. The van der Waals surface area contributed by atoms with Crippen LogP contribution in [0, 0.1) is 0 Å². The summed E-state index contributed by atoms with van der Waals surface area (Å²) in [6.45, 7) is 2.52. The Bertz CT molecular complexity index is 1290. The molecule has 2 heterocycles. The van der Waals surface area contributed by atoms with Crippen LogP contribution in [0.2, 0.25) is 0 Å². The Morgan fingerprint density at radius 3 is 2.51 bits per heavy atom. The summed E-state index contributed by atoms with van der Waals surface area (Å²) in [5.41, 5.74) is 0.855. The van der Waals surface area contributed by atoms with Crippen LogP contribution in [0.25, 0.3) is 11.5 Å². The fraction of sp³-hybridized carbons (Fsp3) is 0.375. The maximum atomic E-state index is 13.1. The van der Waals surface area contributed by atoms with E-state index in [1.807, 2.05) is 6.92 Å². The summed E-state index contributed by atoms with van der Waals surface area (Å²) in [7, 11) is -0.564. The highest BCUT2D eigenvalue weighted by Crippen LogP contribution is 2.32. The number of rotatable bonds is 8. The van der Waals surface area contributed by atoms with E-state index < -0.39 is 15.9 Å². The van der Waals surface area contributed by atoms with E-state index in [-0.39, 0.29) is 28.4 Å². The Labute approximate surface area is 204 Å². The molecule has 1 aromatic heterocycles. The maximum Gasteiger partial charge on any atom is 0.322 e. The van der Waals surface area contributed by atoms with Crippen molar-refractivity contribution in [3.05, 3.63) is 48.0 Å². The normalized spacial score (nSPS) is 16.6. The van der Waals surface area contributed by atoms with Gasteiger partial charge < -0.3 is 13.9 Å². The number of nitrogens with one attached hydrogen (secondary N) is 1. The topological polar surface area (TPSA) is 124 Å². The second-order valence-corrected chi connectivity index (χ2v) is 10.0. The zero-order chi connectivity index (χ0) is 25.0. The number of hydrogen-bond acceptors (Lipinski definition) is 8. The van der Waals surface area contributed by atoms with Gasteiger partial charge in [-0.3, -0.25) is 10.1 Å². The fourth-order valence-electron chi connectivity index (χ4n) is 4.14. The third-order valence-corrected chi connectivity index (χ3v) is 8.01. The zero-order valence-electron chi connectivity index (χ0n) is 19.9. The van der Waals surface area contributed by atoms with Crippen LogP contribution in [-0.4, -0.2) is 55.6 Å². The largest absolute Gasteiger partial charge is 0.493 e. The molecule has 1 N–H and O–H groups in total. The Hall–Kier alpha value is -3.44. The molecule has 35 heavy (non-hydrogen) atoms. The molecule has 3 aromatic rings. The van der Waals surface area contributed by atoms with Crippen molar-refractivity contribution in [2.45, 2.75) is 43.5 Å². The van der Waals surface area contributed by atoms with Crippen molar-refractivity contribution in [3.63, 3.8) is 0 Å². The minimum absolute atomic E-state index is 0.00844. The van der Waals surface area contributed by atoms with Crippen molar-refractivity contribution in [3.8, 4) is 23.0 Å². The number of sulfonamides is 1. The molecule has 1 fully saturated rings. The number of hydrogen-bond donors (Lipinski definition) is 1. The average Bonchev–Trinajstić information content (AvgIpc) is 3.36. The van der Waals surface area contributed by atoms with Crippen LogP contribution in [-0.2, 0) is 10.0 Å². The Kier molecular flexibility index (Phi) is 7.37. The summed E-state index contributed by atoms with van der Waals surface area (Å²) in [5.74, 6) is 0.745. The minimum Gasteiger partial charge on any atom is -0.493 e. The molecule has 1 aliphatic rings. The number of ether oxygens (including phenoxy) is 2. The molecule has 1 amide bonds. The molecule has 186 valence electrons.